The van der Waals surface area contributed by atoms with Gasteiger partial charge in [0.15, 0.2) is 0 Å². The Labute approximate surface area is 153 Å². The summed E-state index contributed by atoms with van der Waals surface area (Å²) in [4.78, 5) is 17.0. The second-order valence-corrected chi connectivity index (χ2v) is 6.91. The van der Waals surface area contributed by atoms with E-state index in [-0.39, 0.29) is 5.91 Å². The number of piperazine rings is 1. The van der Waals surface area contributed by atoms with Crippen molar-refractivity contribution in [3.05, 3.63) is 33.9 Å². The smallest absolute Gasteiger partial charge is 0.273 e. The quantitative estimate of drug-likeness (QED) is 0.831. The number of hydrogen-bond donors (Lipinski definition) is 0. The Morgan fingerprint density at radius 3 is 2.36 bits per heavy atom. The number of halogens is 1. The van der Waals surface area contributed by atoms with Crippen LogP contribution in [0.3, 0.4) is 0 Å². The van der Waals surface area contributed by atoms with Crippen LogP contribution in [-0.4, -0.2) is 61.4 Å². The molecule has 0 saturated carbocycles. The van der Waals surface area contributed by atoms with E-state index in [1.807, 2.05) is 23.4 Å². The lowest BCUT2D eigenvalue weighted by molar-refractivity contribution is 0.0617. The predicted molar refractivity (Wildman–Crippen MR) is 96.8 cm³/mol. The van der Waals surface area contributed by atoms with Gasteiger partial charge in [-0.05, 0) is 20.8 Å². The number of nitrogens with zero attached hydrogens (tertiary/aromatic N) is 6. The summed E-state index contributed by atoms with van der Waals surface area (Å²) < 4.78 is 3.55. The lowest BCUT2D eigenvalue weighted by atomic mass is 10.2. The van der Waals surface area contributed by atoms with Gasteiger partial charge in [0, 0.05) is 58.1 Å². The number of rotatable bonds is 4. The molecule has 0 unspecified atom stereocenters. The molecule has 7 nitrogen and oxygen atoms in total. The van der Waals surface area contributed by atoms with Crippen molar-refractivity contribution < 1.29 is 4.79 Å². The molecule has 3 heterocycles. The third-order valence-corrected chi connectivity index (χ3v) is 5.23. The molecule has 1 saturated heterocycles. The lowest BCUT2D eigenvalue weighted by Gasteiger charge is -2.34. The summed E-state index contributed by atoms with van der Waals surface area (Å²) in [5.74, 6) is -0.0391. The minimum absolute atomic E-state index is 0.0391. The van der Waals surface area contributed by atoms with Crippen molar-refractivity contribution in [3.8, 4) is 0 Å². The van der Waals surface area contributed by atoms with Crippen LogP contribution < -0.4 is 0 Å². The molecule has 1 amide bonds. The van der Waals surface area contributed by atoms with Gasteiger partial charge in [0.1, 0.15) is 5.69 Å². The van der Waals surface area contributed by atoms with Gasteiger partial charge in [0.2, 0.25) is 0 Å². The second-order valence-electron chi connectivity index (χ2n) is 6.54. The highest BCUT2D eigenvalue weighted by atomic mass is 35.5. The molecule has 1 aliphatic heterocycles. The fraction of sp³-hybridized carbons (Fsp3) is 0.588. The Morgan fingerprint density at radius 2 is 1.84 bits per heavy atom. The van der Waals surface area contributed by atoms with E-state index in [1.165, 1.54) is 5.56 Å². The Hall–Kier alpha value is -1.86. The number of amides is 1. The van der Waals surface area contributed by atoms with Gasteiger partial charge in [0.05, 0.1) is 16.4 Å². The first-order chi connectivity index (χ1) is 11.9. The van der Waals surface area contributed by atoms with Crippen molar-refractivity contribution in [3.63, 3.8) is 0 Å². The highest BCUT2D eigenvalue weighted by Gasteiger charge is 2.27. The van der Waals surface area contributed by atoms with Gasteiger partial charge < -0.3 is 4.90 Å². The van der Waals surface area contributed by atoms with Gasteiger partial charge in [-0.25, -0.2) is 0 Å². The Balaban J connectivity index is 1.61. The average Bonchev–Trinajstić information content (AvgIpc) is 3.07. The van der Waals surface area contributed by atoms with Gasteiger partial charge in [-0.1, -0.05) is 11.6 Å². The van der Waals surface area contributed by atoms with Crippen LogP contribution in [0, 0.1) is 13.8 Å². The first-order valence-corrected chi connectivity index (χ1v) is 9.02. The maximum atomic E-state index is 12.8. The summed E-state index contributed by atoms with van der Waals surface area (Å²) in [7, 11) is 1.76. The lowest BCUT2D eigenvalue weighted by Crippen LogP contribution is -2.48. The molecule has 136 valence electrons. The molecule has 0 bridgehead atoms. The summed E-state index contributed by atoms with van der Waals surface area (Å²) in [6, 6.07) is 0. The molecule has 2 aromatic rings. The summed E-state index contributed by atoms with van der Waals surface area (Å²) >= 11 is 6.25. The average molecular weight is 365 g/mol. The van der Waals surface area contributed by atoms with Gasteiger partial charge in [-0.3, -0.25) is 19.1 Å². The van der Waals surface area contributed by atoms with E-state index in [9.17, 15) is 4.79 Å². The number of aryl methyl sites for hydroxylation is 4. The number of carbonyl (C=O) groups is 1. The minimum atomic E-state index is -0.0391. The van der Waals surface area contributed by atoms with Crippen molar-refractivity contribution in [2.75, 3.05) is 26.2 Å². The molecule has 1 aliphatic rings. The zero-order valence-corrected chi connectivity index (χ0v) is 16.0. The molecule has 8 heteroatoms. The standard InChI is InChI=1S/C17H25ClN6O/c1-5-24-11-14(12(2)20-24)10-22-6-8-23(9-7-22)17(25)16-15(18)13(3)19-21(16)4/h11H,5-10H2,1-4H3. The van der Waals surface area contributed by atoms with Crippen molar-refractivity contribution in [2.24, 2.45) is 7.05 Å². The highest BCUT2D eigenvalue weighted by Crippen LogP contribution is 2.22. The van der Waals surface area contributed by atoms with Crippen LogP contribution >= 0.6 is 11.6 Å². The summed E-state index contributed by atoms with van der Waals surface area (Å²) in [5, 5.41) is 9.19. The topological polar surface area (TPSA) is 59.2 Å². The van der Waals surface area contributed by atoms with E-state index in [4.69, 9.17) is 11.6 Å². The van der Waals surface area contributed by atoms with Crippen molar-refractivity contribution in [2.45, 2.75) is 33.9 Å². The molecule has 0 aromatic carbocycles. The van der Waals surface area contributed by atoms with E-state index in [0.29, 0.717) is 29.5 Å². The van der Waals surface area contributed by atoms with Crippen molar-refractivity contribution in [1.82, 2.24) is 29.4 Å². The van der Waals surface area contributed by atoms with Crippen LogP contribution in [0.1, 0.15) is 34.4 Å². The van der Waals surface area contributed by atoms with Crippen molar-refractivity contribution >= 4 is 17.5 Å². The molecule has 2 aromatic heterocycles. The minimum Gasteiger partial charge on any atom is -0.335 e. The fourth-order valence-corrected chi connectivity index (χ4v) is 3.48. The summed E-state index contributed by atoms with van der Waals surface area (Å²) in [5.41, 5.74) is 3.51. The van der Waals surface area contributed by atoms with Crippen molar-refractivity contribution in [1.29, 1.82) is 0 Å². The van der Waals surface area contributed by atoms with E-state index >= 15 is 0 Å². The monoisotopic (exact) mass is 364 g/mol. The van der Waals surface area contributed by atoms with Gasteiger partial charge in [0.25, 0.3) is 5.91 Å². The first-order valence-electron chi connectivity index (χ1n) is 8.64. The highest BCUT2D eigenvalue weighted by molar-refractivity contribution is 6.34. The van der Waals surface area contributed by atoms with Crippen LogP contribution in [0.25, 0.3) is 0 Å². The second kappa shape index (κ2) is 7.17. The van der Waals surface area contributed by atoms with Crippen LogP contribution in [0.5, 0.6) is 0 Å². The molecular formula is C17H25ClN6O. The molecule has 0 aliphatic carbocycles. The molecular weight excluding hydrogens is 340 g/mol. The van der Waals surface area contributed by atoms with Gasteiger partial charge in [-0.15, -0.1) is 0 Å². The number of hydrogen-bond acceptors (Lipinski definition) is 4. The van der Waals surface area contributed by atoms with E-state index in [1.54, 1.807) is 11.7 Å². The molecule has 0 N–H and O–H groups in total. The maximum absolute atomic E-state index is 12.8. The molecule has 0 spiro atoms. The maximum Gasteiger partial charge on any atom is 0.273 e. The third-order valence-electron chi connectivity index (χ3n) is 4.78. The Bertz CT molecular complexity index is 772. The Kier molecular flexibility index (Phi) is 5.15. The molecule has 0 radical (unpaired) electrons. The predicted octanol–water partition coefficient (Wildman–Crippen LogP) is 1.86. The van der Waals surface area contributed by atoms with E-state index in [0.717, 1.165) is 31.9 Å². The summed E-state index contributed by atoms with van der Waals surface area (Å²) in [6.45, 7) is 10.8. The first kappa shape index (κ1) is 17.9. The van der Waals surface area contributed by atoms with Crippen LogP contribution in [0.4, 0.5) is 0 Å². The molecule has 25 heavy (non-hydrogen) atoms. The summed E-state index contributed by atoms with van der Waals surface area (Å²) in [6.07, 6.45) is 2.12. The molecule has 0 atom stereocenters. The third kappa shape index (κ3) is 3.57. The zero-order valence-electron chi connectivity index (χ0n) is 15.3. The molecule has 1 fully saturated rings. The van der Waals surface area contributed by atoms with Crippen LogP contribution in [0.2, 0.25) is 5.02 Å². The zero-order chi connectivity index (χ0) is 18.1. The van der Waals surface area contributed by atoms with E-state index in [2.05, 4.69) is 28.2 Å². The van der Waals surface area contributed by atoms with E-state index < -0.39 is 0 Å². The largest absolute Gasteiger partial charge is 0.335 e. The van der Waals surface area contributed by atoms with Crippen LogP contribution in [0.15, 0.2) is 6.20 Å². The normalized spacial score (nSPS) is 15.8. The van der Waals surface area contributed by atoms with Crippen LogP contribution in [-0.2, 0) is 20.1 Å². The Morgan fingerprint density at radius 1 is 1.16 bits per heavy atom. The van der Waals surface area contributed by atoms with Gasteiger partial charge in [-0.2, -0.15) is 10.2 Å². The van der Waals surface area contributed by atoms with Gasteiger partial charge >= 0.3 is 0 Å². The number of aromatic nitrogens is 4. The SMILES string of the molecule is CCn1cc(CN2CCN(C(=O)c3c(Cl)c(C)nn3C)CC2)c(C)n1. The molecule has 3 rings (SSSR count). The fourth-order valence-electron chi connectivity index (χ4n) is 3.24. The number of carbonyl (C=O) groups excluding carboxylic acids is 1.